The molecule has 2 aliphatic heterocycles. The van der Waals surface area contributed by atoms with Gasteiger partial charge < -0.3 is 4.90 Å². The number of halogens is 2. The van der Waals surface area contributed by atoms with Gasteiger partial charge in [0.15, 0.2) is 0 Å². The Morgan fingerprint density at radius 2 is 1.66 bits per heavy atom. The maximum Gasteiger partial charge on any atom is 0.261 e. The fraction of sp³-hybridized carbons (Fsp3) is 0.429. The van der Waals surface area contributed by atoms with Crippen LogP contribution >= 0.6 is 23.2 Å². The molecule has 4 rings (SSSR count). The van der Waals surface area contributed by atoms with E-state index in [9.17, 15) is 24.4 Å². The highest BCUT2D eigenvalue weighted by Crippen LogP contribution is 2.47. The monoisotopic (exact) mass is 559 g/mol. The van der Waals surface area contributed by atoms with E-state index in [4.69, 9.17) is 23.2 Å². The highest BCUT2D eigenvalue weighted by atomic mass is 35.5. The van der Waals surface area contributed by atoms with E-state index < -0.39 is 23.1 Å². The van der Waals surface area contributed by atoms with Crippen LogP contribution in [0.2, 0.25) is 10.0 Å². The topological polar surface area (TPSA) is 107 Å². The molecule has 0 saturated carbocycles. The van der Waals surface area contributed by atoms with E-state index in [0.29, 0.717) is 32.4 Å². The zero-order valence-corrected chi connectivity index (χ0v) is 22.9. The van der Waals surface area contributed by atoms with Gasteiger partial charge in [-0.05, 0) is 48.8 Å². The Bertz CT molecular complexity index is 1210. The van der Waals surface area contributed by atoms with Crippen molar-refractivity contribution >= 4 is 46.8 Å². The van der Waals surface area contributed by atoms with Crippen molar-refractivity contribution in [2.75, 3.05) is 19.6 Å². The van der Waals surface area contributed by atoms with Gasteiger partial charge in [0.2, 0.25) is 11.8 Å². The normalized spacial score (nSPS) is 21.0. The van der Waals surface area contributed by atoms with Crippen LogP contribution in [0.5, 0.6) is 0 Å². The first-order chi connectivity index (χ1) is 18.1. The van der Waals surface area contributed by atoms with Crippen LogP contribution in [-0.2, 0) is 16.0 Å². The lowest BCUT2D eigenvalue weighted by Crippen LogP contribution is -2.43. The van der Waals surface area contributed by atoms with Crippen LogP contribution in [0.3, 0.4) is 0 Å². The van der Waals surface area contributed by atoms with E-state index in [1.807, 2.05) is 44.2 Å². The van der Waals surface area contributed by atoms with Gasteiger partial charge >= 0.3 is 0 Å². The quantitative estimate of drug-likeness (QED) is 0.251. The fourth-order valence-corrected chi connectivity index (χ4v) is 6.18. The Balaban J connectivity index is 1.58. The number of rotatable bonds is 10. The highest BCUT2D eigenvalue weighted by molar-refractivity contribution is 6.43. The Labute approximate surface area is 231 Å². The number of amides is 4. The Hall–Kier alpha value is -2.94. The molecule has 4 amide bonds. The van der Waals surface area contributed by atoms with E-state index >= 15 is 0 Å². The van der Waals surface area contributed by atoms with Crippen molar-refractivity contribution in [1.82, 2.24) is 15.3 Å². The number of carbonyl (C=O) groups is 4. The van der Waals surface area contributed by atoms with E-state index in [0.717, 1.165) is 10.5 Å². The van der Waals surface area contributed by atoms with Crippen LogP contribution in [0.1, 0.15) is 59.4 Å². The summed E-state index contributed by atoms with van der Waals surface area (Å²) in [4.78, 5) is 55.4. The number of hydrogen-bond donors (Lipinski definition) is 2. The summed E-state index contributed by atoms with van der Waals surface area (Å²) in [6.07, 6.45) is 1.23. The molecule has 2 aromatic carbocycles. The largest absolute Gasteiger partial charge is 0.342 e. The molecule has 0 aliphatic carbocycles. The molecular weight excluding hydrogens is 529 g/mol. The van der Waals surface area contributed by atoms with E-state index in [2.05, 4.69) is 0 Å². The second-order valence-electron chi connectivity index (χ2n) is 10.5. The third-order valence-electron chi connectivity index (χ3n) is 7.53. The van der Waals surface area contributed by atoms with Crippen molar-refractivity contribution in [1.29, 1.82) is 0 Å². The minimum Gasteiger partial charge on any atom is -0.342 e. The predicted octanol–water partition coefficient (Wildman–Crippen LogP) is 4.61. The summed E-state index contributed by atoms with van der Waals surface area (Å²) in [5, 5.41) is 9.69. The lowest BCUT2D eigenvalue weighted by molar-refractivity contribution is -0.144. The summed E-state index contributed by atoms with van der Waals surface area (Å²) >= 11 is 12.1. The molecule has 2 heterocycles. The van der Waals surface area contributed by atoms with E-state index in [1.54, 1.807) is 10.4 Å². The average Bonchev–Trinajstić information content (AvgIpc) is 3.26. The number of hydrogen-bond acceptors (Lipinski definition) is 5. The molecule has 8 nitrogen and oxygen atoms in total. The molecule has 1 saturated heterocycles. The van der Waals surface area contributed by atoms with Crippen molar-refractivity contribution in [3.8, 4) is 0 Å². The standard InChI is InChI=1S/C28H31Cl2N3O5/c1-17(2)14-28(15-24(34)31-38)19(16-32(27(28)37)10-8-18-6-4-3-5-7-18)9-11-33-25(35)20-12-22(29)23(30)13-21(20)26(33)36/h3-7,12-13,17,19,38H,8-11,14-16H2,1-2H3,(H,31,34). The molecule has 2 aromatic rings. The molecule has 0 aromatic heterocycles. The molecule has 10 heteroatoms. The Morgan fingerprint density at radius 3 is 2.21 bits per heavy atom. The van der Waals surface area contributed by atoms with Gasteiger partial charge in [0.1, 0.15) is 0 Å². The summed E-state index contributed by atoms with van der Waals surface area (Å²) in [5.41, 5.74) is 2.11. The molecule has 0 bridgehead atoms. The van der Waals surface area contributed by atoms with Gasteiger partial charge in [-0.1, -0.05) is 67.4 Å². The fourth-order valence-electron chi connectivity index (χ4n) is 5.85. The molecule has 2 atom stereocenters. The molecule has 0 spiro atoms. The lowest BCUT2D eigenvalue weighted by atomic mass is 9.68. The maximum atomic E-state index is 13.9. The molecule has 202 valence electrons. The molecule has 2 N–H and O–H groups in total. The molecule has 0 radical (unpaired) electrons. The summed E-state index contributed by atoms with van der Waals surface area (Å²) in [6, 6.07) is 12.6. The van der Waals surface area contributed by atoms with Gasteiger partial charge in [-0.15, -0.1) is 0 Å². The molecule has 38 heavy (non-hydrogen) atoms. The number of imide groups is 1. The number of benzene rings is 2. The zero-order chi connectivity index (χ0) is 27.6. The molecule has 2 aliphatic rings. The summed E-state index contributed by atoms with van der Waals surface area (Å²) in [7, 11) is 0. The first-order valence-corrected chi connectivity index (χ1v) is 13.4. The first-order valence-electron chi connectivity index (χ1n) is 12.7. The van der Waals surface area contributed by atoms with Gasteiger partial charge in [-0.3, -0.25) is 29.3 Å². The zero-order valence-electron chi connectivity index (χ0n) is 21.4. The minimum atomic E-state index is -1.07. The van der Waals surface area contributed by atoms with E-state index in [1.165, 1.54) is 12.1 Å². The number of carbonyl (C=O) groups excluding carboxylic acids is 4. The smallest absolute Gasteiger partial charge is 0.261 e. The van der Waals surface area contributed by atoms with Crippen LogP contribution in [0.4, 0.5) is 0 Å². The van der Waals surface area contributed by atoms with Gasteiger partial charge in [0, 0.05) is 26.1 Å². The van der Waals surface area contributed by atoms with Gasteiger partial charge in [0.25, 0.3) is 11.8 Å². The Morgan fingerprint density at radius 1 is 1.05 bits per heavy atom. The third kappa shape index (κ3) is 5.44. The lowest BCUT2D eigenvalue weighted by Gasteiger charge is -2.34. The molecular formula is C28H31Cl2N3O5. The molecule has 2 unspecified atom stereocenters. The summed E-state index contributed by atoms with van der Waals surface area (Å²) in [6.45, 7) is 4.90. The maximum absolute atomic E-state index is 13.9. The third-order valence-corrected chi connectivity index (χ3v) is 8.26. The number of nitrogens with zero attached hydrogens (tertiary/aromatic N) is 2. The van der Waals surface area contributed by atoms with Gasteiger partial charge in [-0.25, -0.2) is 5.48 Å². The van der Waals surface area contributed by atoms with Crippen molar-refractivity contribution in [2.24, 2.45) is 17.3 Å². The van der Waals surface area contributed by atoms with Crippen molar-refractivity contribution in [3.63, 3.8) is 0 Å². The van der Waals surface area contributed by atoms with Crippen molar-refractivity contribution in [2.45, 2.75) is 39.5 Å². The first kappa shape index (κ1) is 28.1. The highest BCUT2D eigenvalue weighted by Gasteiger charge is 2.54. The summed E-state index contributed by atoms with van der Waals surface area (Å²) < 4.78 is 0. The number of nitrogens with one attached hydrogen (secondary N) is 1. The van der Waals surface area contributed by atoms with Crippen LogP contribution in [0, 0.1) is 17.3 Å². The van der Waals surface area contributed by atoms with Crippen LogP contribution < -0.4 is 5.48 Å². The second-order valence-corrected chi connectivity index (χ2v) is 11.3. The van der Waals surface area contributed by atoms with Crippen LogP contribution in [-0.4, -0.2) is 58.3 Å². The van der Waals surface area contributed by atoms with E-state index in [-0.39, 0.29) is 51.9 Å². The van der Waals surface area contributed by atoms with Gasteiger partial charge in [0.05, 0.1) is 26.6 Å². The number of likely N-dealkylation sites (tertiary alicyclic amines) is 1. The molecule has 1 fully saturated rings. The number of fused-ring (bicyclic) bond motifs is 1. The number of hydroxylamine groups is 1. The van der Waals surface area contributed by atoms with Crippen molar-refractivity contribution < 1.29 is 24.4 Å². The SMILES string of the molecule is CC(C)CC1(CC(=O)NO)C(=O)N(CCc2ccccc2)CC1CCN1C(=O)c2cc(Cl)c(Cl)cc2C1=O. The Kier molecular flexibility index (Phi) is 8.45. The van der Waals surface area contributed by atoms with Crippen molar-refractivity contribution in [3.05, 3.63) is 69.2 Å². The minimum absolute atomic E-state index is 0.0760. The van der Waals surface area contributed by atoms with Crippen LogP contribution in [0.15, 0.2) is 42.5 Å². The summed E-state index contributed by atoms with van der Waals surface area (Å²) in [5.74, 6) is -1.93. The van der Waals surface area contributed by atoms with Gasteiger partial charge in [-0.2, -0.15) is 0 Å². The average molecular weight is 560 g/mol. The predicted molar refractivity (Wildman–Crippen MR) is 143 cm³/mol. The second kappa shape index (κ2) is 11.4. The van der Waals surface area contributed by atoms with Crippen LogP contribution in [0.25, 0.3) is 0 Å².